The lowest BCUT2D eigenvalue weighted by Gasteiger charge is -2.47. The third kappa shape index (κ3) is 5.57. The molecule has 4 rings (SSSR count). The molecule has 0 bridgehead atoms. The molecule has 1 aromatic heterocycles. The topological polar surface area (TPSA) is 65.8 Å². The van der Waals surface area contributed by atoms with Crippen molar-refractivity contribution in [3.63, 3.8) is 0 Å². The lowest BCUT2D eigenvalue weighted by atomic mass is 9.74. The van der Waals surface area contributed by atoms with E-state index in [1.54, 1.807) is 18.9 Å². The maximum atomic E-state index is 12.5. The summed E-state index contributed by atoms with van der Waals surface area (Å²) in [5.41, 5.74) is 3.63. The van der Waals surface area contributed by atoms with E-state index < -0.39 is 0 Å². The Morgan fingerprint density at radius 2 is 1.94 bits per heavy atom. The van der Waals surface area contributed by atoms with Crippen molar-refractivity contribution in [2.75, 3.05) is 33.9 Å². The number of ether oxygens (including phenoxy) is 3. The van der Waals surface area contributed by atoms with Crippen LogP contribution in [0, 0.1) is 24.7 Å². The number of benzene rings is 1. The summed E-state index contributed by atoms with van der Waals surface area (Å²) in [5, 5.41) is 4.35. The van der Waals surface area contributed by atoms with Gasteiger partial charge in [-0.05, 0) is 73.3 Å². The second kappa shape index (κ2) is 10.8. The monoisotopic (exact) mass is 469 g/mol. The molecule has 0 amide bonds. The zero-order chi connectivity index (χ0) is 24.2. The van der Waals surface area contributed by atoms with E-state index in [1.165, 1.54) is 11.1 Å². The number of hydrogen-bond donors (Lipinski definition) is 0. The molecule has 7 nitrogen and oxygen atoms in total. The van der Waals surface area contributed by atoms with Crippen molar-refractivity contribution >= 4 is 5.97 Å². The summed E-state index contributed by atoms with van der Waals surface area (Å²) in [6, 6.07) is 6.56. The van der Waals surface area contributed by atoms with Crippen LogP contribution in [0.3, 0.4) is 0 Å². The van der Waals surface area contributed by atoms with Crippen molar-refractivity contribution in [2.24, 2.45) is 17.8 Å². The Kier molecular flexibility index (Phi) is 7.81. The van der Waals surface area contributed by atoms with E-state index in [-0.39, 0.29) is 5.97 Å². The van der Waals surface area contributed by atoms with Crippen LogP contribution in [0.2, 0.25) is 0 Å². The Labute approximate surface area is 203 Å². The molecule has 34 heavy (non-hydrogen) atoms. The highest BCUT2D eigenvalue weighted by atomic mass is 16.5. The Hall–Kier alpha value is -2.54. The van der Waals surface area contributed by atoms with E-state index in [2.05, 4.69) is 36.0 Å². The van der Waals surface area contributed by atoms with Crippen LogP contribution in [-0.2, 0) is 22.5 Å². The first-order valence-electron chi connectivity index (χ1n) is 12.5. The van der Waals surface area contributed by atoms with Crippen LogP contribution in [0.1, 0.15) is 56.0 Å². The second-order valence-corrected chi connectivity index (χ2v) is 10.2. The maximum absolute atomic E-state index is 12.5. The fraction of sp³-hybridized carbons (Fsp3) is 0.630. The lowest BCUT2D eigenvalue weighted by Crippen LogP contribution is -2.47. The normalized spacial score (nSPS) is 22.2. The number of methoxy groups -OCH3 is 2. The molecule has 0 saturated carbocycles. The van der Waals surface area contributed by atoms with Gasteiger partial charge in [-0.15, -0.1) is 0 Å². The Morgan fingerprint density at radius 3 is 2.62 bits per heavy atom. The number of fused-ring (bicyclic) bond motifs is 3. The quantitative estimate of drug-likeness (QED) is 0.507. The number of rotatable bonds is 9. The standard InChI is InChI=1S/C27H39N3O4/c1-18(2)12-21-16-29-9-7-20-14-25(32-4)26(33-5)15-23(20)24(29)13-22(21)17-34-27(31)8-11-30-10-6-19(3)28-30/h6,10,14-15,18,21-22,24H,7-9,11-13,16-17H2,1-5H3. The Bertz CT molecular complexity index is 986. The van der Waals surface area contributed by atoms with E-state index in [9.17, 15) is 4.79 Å². The minimum atomic E-state index is -0.144. The van der Waals surface area contributed by atoms with Gasteiger partial charge in [-0.25, -0.2) is 0 Å². The Balaban J connectivity index is 1.45. The molecule has 1 saturated heterocycles. The molecule has 1 aromatic carbocycles. The summed E-state index contributed by atoms with van der Waals surface area (Å²) in [6.07, 6.45) is 5.41. The maximum Gasteiger partial charge on any atom is 0.307 e. The zero-order valence-electron chi connectivity index (χ0n) is 21.3. The van der Waals surface area contributed by atoms with Gasteiger partial charge >= 0.3 is 5.97 Å². The van der Waals surface area contributed by atoms with E-state index in [1.807, 2.05) is 19.2 Å². The third-order valence-electron chi connectivity index (χ3n) is 7.33. The van der Waals surface area contributed by atoms with Gasteiger partial charge in [-0.1, -0.05) is 13.8 Å². The van der Waals surface area contributed by atoms with Gasteiger partial charge in [-0.3, -0.25) is 14.4 Å². The smallest absolute Gasteiger partial charge is 0.307 e. The summed E-state index contributed by atoms with van der Waals surface area (Å²) < 4.78 is 18.8. The van der Waals surface area contributed by atoms with E-state index in [0.717, 1.165) is 49.5 Å². The number of esters is 1. The number of hydrogen-bond acceptors (Lipinski definition) is 6. The van der Waals surface area contributed by atoms with Crippen molar-refractivity contribution in [2.45, 2.75) is 59.0 Å². The highest BCUT2D eigenvalue weighted by Crippen LogP contribution is 2.45. The molecule has 2 aliphatic rings. The summed E-state index contributed by atoms with van der Waals surface area (Å²) >= 11 is 0. The number of piperidine rings is 1. The average molecular weight is 470 g/mol. The summed E-state index contributed by atoms with van der Waals surface area (Å²) in [4.78, 5) is 15.2. The SMILES string of the molecule is COc1cc2c(cc1OC)C1CC(COC(=O)CCn3ccc(C)n3)C(CC(C)C)CN1CC2. The van der Waals surface area contributed by atoms with Crippen LogP contribution >= 0.6 is 0 Å². The number of aromatic nitrogens is 2. The summed E-state index contributed by atoms with van der Waals surface area (Å²) in [7, 11) is 3.38. The molecule has 1 fully saturated rings. The number of aryl methyl sites for hydroxylation is 2. The largest absolute Gasteiger partial charge is 0.493 e. The zero-order valence-corrected chi connectivity index (χ0v) is 21.3. The molecular formula is C27H39N3O4. The van der Waals surface area contributed by atoms with Gasteiger partial charge in [0.15, 0.2) is 11.5 Å². The highest BCUT2D eigenvalue weighted by molar-refractivity contribution is 5.69. The van der Waals surface area contributed by atoms with Crippen LogP contribution in [-0.4, -0.2) is 54.6 Å². The number of nitrogens with zero attached hydrogens (tertiary/aromatic N) is 3. The van der Waals surface area contributed by atoms with Crippen molar-refractivity contribution in [3.8, 4) is 11.5 Å². The average Bonchev–Trinajstić information content (AvgIpc) is 3.24. The molecule has 0 aliphatic carbocycles. The molecule has 7 heteroatoms. The predicted octanol–water partition coefficient (Wildman–Crippen LogP) is 4.42. The summed E-state index contributed by atoms with van der Waals surface area (Å²) in [6.45, 7) is 9.65. The van der Waals surface area contributed by atoms with Gasteiger partial charge < -0.3 is 14.2 Å². The Morgan fingerprint density at radius 1 is 1.18 bits per heavy atom. The lowest BCUT2D eigenvalue weighted by molar-refractivity contribution is -0.147. The minimum Gasteiger partial charge on any atom is -0.493 e. The molecule has 3 heterocycles. The van der Waals surface area contributed by atoms with E-state index in [4.69, 9.17) is 14.2 Å². The third-order valence-corrected chi connectivity index (χ3v) is 7.33. The van der Waals surface area contributed by atoms with Gasteiger partial charge in [0.25, 0.3) is 0 Å². The molecule has 3 atom stereocenters. The van der Waals surface area contributed by atoms with Crippen molar-refractivity contribution in [1.29, 1.82) is 0 Å². The van der Waals surface area contributed by atoms with Gasteiger partial charge in [-0.2, -0.15) is 5.10 Å². The van der Waals surface area contributed by atoms with Gasteiger partial charge in [0.05, 0.1) is 39.5 Å². The van der Waals surface area contributed by atoms with Crippen molar-refractivity contribution in [3.05, 3.63) is 41.2 Å². The molecule has 0 N–H and O–H groups in total. The van der Waals surface area contributed by atoms with Crippen molar-refractivity contribution < 1.29 is 19.0 Å². The van der Waals surface area contributed by atoms with Crippen LogP contribution in [0.5, 0.6) is 11.5 Å². The predicted molar refractivity (Wildman–Crippen MR) is 131 cm³/mol. The molecule has 0 radical (unpaired) electrons. The first-order chi connectivity index (χ1) is 16.4. The van der Waals surface area contributed by atoms with Crippen LogP contribution in [0.4, 0.5) is 0 Å². The van der Waals surface area contributed by atoms with Gasteiger partial charge in [0.1, 0.15) is 0 Å². The van der Waals surface area contributed by atoms with E-state index >= 15 is 0 Å². The number of carbonyl (C=O) groups is 1. The van der Waals surface area contributed by atoms with Gasteiger partial charge in [0, 0.05) is 25.3 Å². The molecule has 2 aromatic rings. The fourth-order valence-corrected chi connectivity index (χ4v) is 5.65. The van der Waals surface area contributed by atoms with E-state index in [0.29, 0.717) is 43.4 Å². The molecule has 3 unspecified atom stereocenters. The van der Waals surface area contributed by atoms with Crippen molar-refractivity contribution in [1.82, 2.24) is 14.7 Å². The molecule has 186 valence electrons. The van der Waals surface area contributed by atoms with Gasteiger partial charge in [0.2, 0.25) is 0 Å². The van der Waals surface area contributed by atoms with Crippen LogP contribution < -0.4 is 9.47 Å². The molecule has 0 spiro atoms. The highest BCUT2D eigenvalue weighted by Gasteiger charge is 2.40. The molecule has 2 aliphatic heterocycles. The van der Waals surface area contributed by atoms with Crippen LogP contribution in [0.25, 0.3) is 0 Å². The fourth-order valence-electron chi connectivity index (χ4n) is 5.65. The number of carbonyl (C=O) groups excluding carboxylic acids is 1. The van der Waals surface area contributed by atoms with Crippen LogP contribution in [0.15, 0.2) is 24.4 Å². The summed E-state index contributed by atoms with van der Waals surface area (Å²) in [5.74, 6) is 2.92. The minimum absolute atomic E-state index is 0.144. The second-order valence-electron chi connectivity index (χ2n) is 10.2. The molecular weight excluding hydrogens is 430 g/mol. The first-order valence-corrected chi connectivity index (χ1v) is 12.5. The first kappa shape index (κ1) is 24.6.